The fourth-order valence-corrected chi connectivity index (χ4v) is 1.04. The molecule has 0 spiro atoms. The molecule has 0 saturated heterocycles. The van der Waals surface area contributed by atoms with E-state index in [-0.39, 0.29) is 12.1 Å². The second-order valence-electron chi connectivity index (χ2n) is 3.19. The van der Waals surface area contributed by atoms with E-state index >= 15 is 0 Å². The van der Waals surface area contributed by atoms with Crippen molar-refractivity contribution in [3.63, 3.8) is 0 Å². The molecule has 0 bridgehead atoms. The third kappa shape index (κ3) is 3.21. The van der Waals surface area contributed by atoms with Crippen LogP contribution in [0.3, 0.4) is 0 Å². The summed E-state index contributed by atoms with van der Waals surface area (Å²) in [6.45, 7) is 2.44. The van der Waals surface area contributed by atoms with E-state index in [1.165, 1.54) is 0 Å². The highest BCUT2D eigenvalue weighted by Gasteiger charge is 2.09. The number of ether oxygens (including phenoxy) is 1. The molecule has 0 aliphatic heterocycles. The Kier molecular flexibility index (Phi) is 4.18. The molecule has 0 radical (unpaired) electrons. The van der Waals surface area contributed by atoms with Crippen LogP contribution in [0.25, 0.3) is 0 Å². The molecule has 2 unspecified atom stereocenters. The van der Waals surface area contributed by atoms with Crippen molar-refractivity contribution in [2.24, 2.45) is 5.73 Å². The summed E-state index contributed by atoms with van der Waals surface area (Å²) < 4.78 is 5.51. The standard InChI is InChI=1S/C12H15NO/c1-3-12(13)10(2)14-9-11-7-5-4-6-8-11/h1,4-8,10,12H,9,13H2,2H3. The van der Waals surface area contributed by atoms with E-state index in [2.05, 4.69) is 5.92 Å². The van der Waals surface area contributed by atoms with Crippen LogP contribution in [0.1, 0.15) is 12.5 Å². The minimum atomic E-state index is -0.335. The number of terminal acetylenes is 1. The van der Waals surface area contributed by atoms with Crippen molar-refractivity contribution in [2.75, 3.05) is 0 Å². The van der Waals surface area contributed by atoms with E-state index in [4.69, 9.17) is 16.9 Å². The van der Waals surface area contributed by atoms with Crippen molar-refractivity contribution < 1.29 is 4.74 Å². The lowest BCUT2D eigenvalue weighted by atomic mass is 10.2. The molecule has 0 amide bonds. The second kappa shape index (κ2) is 5.43. The number of rotatable bonds is 4. The maximum absolute atomic E-state index is 5.62. The molecule has 0 saturated carbocycles. The maximum atomic E-state index is 5.62. The van der Waals surface area contributed by atoms with Gasteiger partial charge in [-0.15, -0.1) is 6.42 Å². The summed E-state index contributed by atoms with van der Waals surface area (Å²) in [4.78, 5) is 0. The van der Waals surface area contributed by atoms with Gasteiger partial charge >= 0.3 is 0 Å². The van der Waals surface area contributed by atoms with Crippen LogP contribution in [0.5, 0.6) is 0 Å². The lowest BCUT2D eigenvalue weighted by Gasteiger charge is -2.15. The molecule has 0 fully saturated rings. The van der Waals surface area contributed by atoms with Gasteiger partial charge in [0, 0.05) is 0 Å². The Morgan fingerprint density at radius 1 is 1.43 bits per heavy atom. The fraction of sp³-hybridized carbons (Fsp3) is 0.333. The predicted molar refractivity (Wildman–Crippen MR) is 57.5 cm³/mol. The van der Waals surface area contributed by atoms with Crippen molar-refractivity contribution in [1.29, 1.82) is 0 Å². The second-order valence-corrected chi connectivity index (χ2v) is 3.19. The van der Waals surface area contributed by atoms with E-state index in [1.807, 2.05) is 37.3 Å². The number of hydrogen-bond donors (Lipinski definition) is 1. The minimum Gasteiger partial charge on any atom is -0.371 e. The Morgan fingerprint density at radius 3 is 2.64 bits per heavy atom. The Hall–Kier alpha value is -1.30. The Labute approximate surface area is 85.1 Å². The van der Waals surface area contributed by atoms with Crippen LogP contribution in [-0.4, -0.2) is 12.1 Å². The van der Waals surface area contributed by atoms with Crippen molar-refractivity contribution >= 4 is 0 Å². The van der Waals surface area contributed by atoms with Gasteiger partial charge in [0.1, 0.15) is 0 Å². The Bertz CT molecular complexity index is 302. The number of nitrogens with two attached hydrogens (primary N) is 1. The summed E-state index contributed by atoms with van der Waals surface area (Å²) in [6.07, 6.45) is 5.08. The quantitative estimate of drug-likeness (QED) is 0.729. The van der Waals surface area contributed by atoms with Gasteiger partial charge in [0.05, 0.1) is 18.8 Å². The zero-order valence-corrected chi connectivity index (χ0v) is 8.31. The molecule has 2 N–H and O–H groups in total. The van der Waals surface area contributed by atoms with Crippen LogP contribution in [0.15, 0.2) is 30.3 Å². The molecule has 2 atom stereocenters. The minimum absolute atomic E-state index is 0.111. The van der Waals surface area contributed by atoms with Crippen molar-refractivity contribution in [3.05, 3.63) is 35.9 Å². The van der Waals surface area contributed by atoms with Gasteiger partial charge in [0.2, 0.25) is 0 Å². The molecular formula is C12H15NO. The van der Waals surface area contributed by atoms with Gasteiger partial charge in [-0.05, 0) is 12.5 Å². The summed E-state index contributed by atoms with van der Waals surface area (Å²) in [7, 11) is 0. The van der Waals surface area contributed by atoms with Gasteiger partial charge in [0.25, 0.3) is 0 Å². The third-order valence-corrected chi connectivity index (χ3v) is 2.05. The van der Waals surface area contributed by atoms with Gasteiger partial charge in [-0.25, -0.2) is 0 Å². The molecule has 1 rings (SSSR count). The van der Waals surface area contributed by atoms with Gasteiger partial charge < -0.3 is 10.5 Å². The largest absolute Gasteiger partial charge is 0.371 e. The normalized spacial score (nSPS) is 14.4. The Balaban J connectivity index is 2.39. The SMILES string of the molecule is C#CC(N)C(C)OCc1ccccc1. The number of hydrogen-bond acceptors (Lipinski definition) is 2. The van der Waals surface area contributed by atoms with Crippen molar-refractivity contribution in [2.45, 2.75) is 25.7 Å². The first kappa shape index (κ1) is 10.8. The first-order valence-corrected chi connectivity index (χ1v) is 4.61. The molecule has 0 heterocycles. The van der Waals surface area contributed by atoms with Crippen LogP contribution >= 0.6 is 0 Å². The summed E-state index contributed by atoms with van der Waals surface area (Å²) in [5, 5.41) is 0. The maximum Gasteiger partial charge on any atom is 0.0925 e. The van der Waals surface area contributed by atoms with Crippen LogP contribution in [0.4, 0.5) is 0 Å². The predicted octanol–water partition coefficient (Wildman–Crippen LogP) is 1.55. The smallest absolute Gasteiger partial charge is 0.0925 e. The highest BCUT2D eigenvalue weighted by atomic mass is 16.5. The van der Waals surface area contributed by atoms with Crippen molar-refractivity contribution in [1.82, 2.24) is 0 Å². The van der Waals surface area contributed by atoms with E-state index in [9.17, 15) is 0 Å². The van der Waals surface area contributed by atoms with E-state index in [0.29, 0.717) is 6.61 Å². The first-order chi connectivity index (χ1) is 6.74. The molecule has 0 aliphatic carbocycles. The molecule has 0 aromatic heterocycles. The van der Waals surface area contributed by atoms with E-state index < -0.39 is 0 Å². The fourth-order valence-electron chi connectivity index (χ4n) is 1.04. The number of benzene rings is 1. The molecule has 1 aromatic carbocycles. The summed E-state index contributed by atoms with van der Waals surface area (Å²) in [5.74, 6) is 2.45. The van der Waals surface area contributed by atoms with Crippen LogP contribution in [-0.2, 0) is 11.3 Å². The molecule has 2 heteroatoms. The topological polar surface area (TPSA) is 35.2 Å². The molecule has 74 valence electrons. The molecule has 0 aliphatic rings. The summed E-state index contributed by atoms with van der Waals surface area (Å²) in [6, 6.07) is 9.61. The average molecular weight is 189 g/mol. The zero-order valence-electron chi connectivity index (χ0n) is 8.31. The van der Waals surface area contributed by atoms with Crippen LogP contribution in [0, 0.1) is 12.3 Å². The Morgan fingerprint density at radius 2 is 2.07 bits per heavy atom. The molecule has 14 heavy (non-hydrogen) atoms. The van der Waals surface area contributed by atoms with Crippen LogP contribution < -0.4 is 5.73 Å². The monoisotopic (exact) mass is 189 g/mol. The highest BCUT2D eigenvalue weighted by Crippen LogP contribution is 2.04. The lowest BCUT2D eigenvalue weighted by molar-refractivity contribution is 0.0470. The molecular weight excluding hydrogens is 174 g/mol. The average Bonchev–Trinajstić information content (AvgIpc) is 2.26. The van der Waals surface area contributed by atoms with Crippen LogP contribution in [0.2, 0.25) is 0 Å². The van der Waals surface area contributed by atoms with E-state index in [1.54, 1.807) is 0 Å². The third-order valence-electron chi connectivity index (χ3n) is 2.05. The summed E-state index contributed by atoms with van der Waals surface area (Å²) >= 11 is 0. The molecule has 2 nitrogen and oxygen atoms in total. The lowest BCUT2D eigenvalue weighted by Crippen LogP contribution is -2.32. The van der Waals surface area contributed by atoms with Gasteiger partial charge in [-0.1, -0.05) is 36.3 Å². The zero-order chi connectivity index (χ0) is 10.4. The molecule has 1 aromatic rings. The van der Waals surface area contributed by atoms with Gasteiger partial charge in [-0.2, -0.15) is 0 Å². The summed E-state index contributed by atoms with van der Waals surface area (Å²) in [5.41, 5.74) is 6.75. The van der Waals surface area contributed by atoms with Gasteiger partial charge in [-0.3, -0.25) is 0 Å². The first-order valence-electron chi connectivity index (χ1n) is 4.61. The van der Waals surface area contributed by atoms with Gasteiger partial charge in [0.15, 0.2) is 0 Å². The highest BCUT2D eigenvalue weighted by molar-refractivity contribution is 5.13. The van der Waals surface area contributed by atoms with E-state index in [0.717, 1.165) is 5.56 Å². The van der Waals surface area contributed by atoms with Crippen molar-refractivity contribution in [3.8, 4) is 12.3 Å².